The lowest BCUT2D eigenvalue weighted by Gasteiger charge is -2.13. The number of rotatable bonds is 10. The van der Waals surface area contributed by atoms with Gasteiger partial charge in [-0.1, -0.05) is 13.3 Å². The number of unbranched alkanes of at least 4 members (excludes halogenated alkanes) is 1. The van der Waals surface area contributed by atoms with Gasteiger partial charge in [-0.3, -0.25) is 4.79 Å². The van der Waals surface area contributed by atoms with Crippen molar-refractivity contribution in [2.45, 2.75) is 39.2 Å². The van der Waals surface area contributed by atoms with Crippen LogP contribution in [-0.2, 0) is 14.8 Å². The van der Waals surface area contributed by atoms with Crippen LogP contribution in [0.2, 0.25) is 0 Å². The highest BCUT2D eigenvalue weighted by molar-refractivity contribution is 7.88. The van der Waals surface area contributed by atoms with Crippen LogP contribution in [-0.4, -0.2) is 46.3 Å². The Balaban J connectivity index is 3.57. The SMILES string of the molecule is CCCCNC(=O)C(C)NCCCNS(C)(=O)=O. The van der Waals surface area contributed by atoms with Gasteiger partial charge >= 0.3 is 0 Å². The molecule has 0 rings (SSSR count). The Morgan fingerprint density at radius 2 is 1.83 bits per heavy atom. The fraction of sp³-hybridized carbons (Fsp3) is 0.909. The summed E-state index contributed by atoms with van der Waals surface area (Å²) in [6, 6.07) is -0.250. The van der Waals surface area contributed by atoms with E-state index in [9.17, 15) is 13.2 Å². The third-order valence-electron chi connectivity index (χ3n) is 2.39. The van der Waals surface area contributed by atoms with Crippen LogP contribution in [0.5, 0.6) is 0 Å². The largest absolute Gasteiger partial charge is 0.355 e. The molecule has 0 aliphatic rings. The molecule has 0 spiro atoms. The third-order valence-corrected chi connectivity index (χ3v) is 3.12. The first-order valence-electron chi connectivity index (χ1n) is 6.32. The van der Waals surface area contributed by atoms with Crippen LogP contribution in [0.1, 0.15) is 33.1 Å². The van der Waals surface area contributed by atoms with Gasteiger partial charge in [0, 0.05) is 13.1 Å². The predicted molar refractivity (Wildman–Crippen MR) is 72.8 cm³/mol. The quantitative estimate of drug-likeness (QED) is 0.484. The van der Waals surface area contributed by atoms with E-state index in [1.54, 1.807) is 6.92 Å². The van der Waals surface area contributed by atoms with Gasteiger partial charge in [0.15, 0.2) is 0 Å². The molecule has 0 fully saturated rings. The van der Waals surface area contributed by atoms with Crippen molar-refractivity contribution in [2.24, 2.45) is 0 Å². The summed E-state index contributed by atoms with van der Waals surface area (Å²) in [4.78, 5) is 11.6. The maximum absolute atomic E-state index is 11.6. The molecule has 3 N–H and O–H groups in total. The minimum Gasteiger partial charge on any atom is -0.355 e. The fourth-order valence-corrected chi connectivity index (χ4v) is 1.81. The molecule has 6 nitrogen and oxygen atoms in total. The molecule has 7 heteroatoms. The molecule has 0 bridgehead atoms. The summed E-state index contributed by atoms with van der Waals surface area (Å²) in [5.41, 5.74) is 0. The van der Waals surface area contributed by atoms with Gasteiger partial charge in [-0.2, -0.15) is 0 Å². The van der Waals surface area contributed by atoms with Crippen molar-refractivity contribution in [2.75, 3.05) is 25.9 Å². The molecule has 0 saturated carbocycles. The number of carbonyl (C=O) groups is 1. The zero-order chi connectivity index (χ0) is 14.0. The summed E-state index contributed by atoms with van der Waals surface area (Å²) in [6.07, 6.45) is 3.82. The number of nitrogens with one attached hydrogen (secondary N) is 3. The molecule has 0 aliphatic carbocycles. The Kier molecular flexibility index (Phi) is 8.95. The summed E-state index contributed by atoms with van der Waals surface area (Å²) < 4.78 is 24.0. The maximum Gasteiger partial charge on any atom is 0.236 e. The van der Waals surface area contributed by atoms with E-state index in [4.69, 9.17) is 0 Å². The van der Waals surface area contributed by atoms with E-state index in [-0.39, 0.29) is 11.9 Å². The molecule has 0 aromatic carbocycles. The second-order valence-electron chi connectivity index (χ2n) is 4.34. The molecular weight excluding hydrogens is 254 g/mol. The minimum absolute atomic E-state index is 0.0143. The smallest absolute Gasteiger partial charge is 0.236 e. The molecule has 1 amide bonds. The number of amides is 1. The van der Waals surface area contributed by atoms with E-state index >= 15 is 0 Å². The highest BCUT2D eigenvalue weighted by atomic mass is 32.2. The molecule has 0 saturated heterocycles. The minimum atomic E-state index is -3.11. The molecule has 0 aromatic heterocycles. The normalized spacial score (nSPS) is 13.3. The van der Waals surface area contributed by atoms with Crippen molar-refractivity contribution >= 4 is 15.9 Å². The first kappa shape index (κ1) is 17.3. The lowest BCUT2D eigenvalue weighted by atomic mass is 10.2. The summed E-state index contributed by atoms with van der Waals surface area (Å²) in [5.74, 6) is -0.0143. The average molecular weight is 279 g/mol. The van der Waals surface area contributed by atoms with Gasteiger partial charge < -0.3 is 10.6 Å². The maximum atomic E-state index is 11.6. The number of hydrogen-bond acceptors (Lipinski definition) is 4. The van der Waals surface area contributed by atoms with Crippen LogP contribution < -0.4 is 15.4 Å². The Morgan fingerprint density at radius 3 is 2.39 bits per heavy atom. The van der Waals surface area contributed by atoms with Crippen molar-refractivity contribution in [1.29, 1.82) is 0 Å². The van der Waals surface area contributed by atoms with Crippen LogP contribution in [0.3, 0.4) is 0 Å². The van der Waals surface area contributed by atoms with Crippen molar-refractivity contribution in [3.05, 3.63) is 0 Å². The Bertz CT molecular complexity index is 330. The van der Waals surface area contributed by atoms with E-state index in [2.05, 4.69) is 22.3 Å². The molecule has 18 heavy (non-hydrogen) atoms. The van der Waals surface area contributed by atoms with Crippen molar-refractivity contribution in [1.82, 2.24) is 15.4 Å². The van der Waals surface area contributed by atoms with E-state index in [0.717, 1.165) is 19.1 Å². The lowest BCUT2D eigenvalue weighted by Crippen LogP contribution is -2.43. The van der Waals surface area contributed by atoms with Crippen LogP contribution in [0.15, 0.2) is 0 Å². The third kappa shape index (κ3) is 10.5. The molecule has 0 aliphatic heterocycles. The van der Waals surface area contributed by atoms with Gasteiger partial charge in [0.05, 0.1) is 12.3 Å². The van der Waals surface area contributed by atoms with E-state index in [1.807, 2.05) is 0 Å². The number of sulfonamides is 1. The van der Waals surface area contributed by atoms with Crippen LogP contribution in [0.25, 0.3) is 0 Å². The average Bonchev–Trinajstić information content (AvgIpc) is 2.27. The highest BCUT2D eigenvalue weighted by Gasteiger charge is 2.10. The summed E-state index contributed by atoms with van der Waals surface area (Å²) in [7, 11) is -3.11. The van der Waals surface area contributed by atoms with E-state index < -0.39 is 10.0 Å². The van der Waals surface area contributed by atoms with Crippen molar-refractivity contribution in [3.63, 3.8) is 0 Å². The Morgan fingerprint density at radius 1 is 1.17 bits per heavy atom. The fourth-order valence-electron chi connectivity index (χ4n) is 1.30. The van der Waals surface area contributed by atoms with Gasteiger partial charge in [-0.05, 0) is 26.3 Å². The van der Waals surface area contributed by atoms with Crippen molar-refractivity contribution in [3.8, 4) is 0 Å². The highest BCUT2D eigenvalue weighted by Crippen LogP contribution is 1.87. The second-order valence-corrected chi connectivity index (χ2v) is 6.17. The van der Waals surface area contributed by atoms with Crippen LogP contribution in [0.4, 0.5) is 0 Å². The Hall–Kier alpha value is -0.660. The number of carbonyl (C=O) groups excluding carboxylic acids is 1. The molecule has 108 valence electrons. The standard InChI is InChI=1S/C11H25N3O3S/c1-4-5-7-13-11(15)10(2)12-8-6-9-14-18(3,16)17/h10,12,14H,4-9H2,1-3H3,(H,13,15). The van der Waals surface area contributed by atoms with E-state index in [1.165, 1.54) is 0 Å². The van der Waals surface area contributed by atoms with Crippen molar-refractivity contribution < 1.29 is 13.2 Å². The topological polar surface area (TPSA) is 87.3 Å². The first-order chi connectivity index (χ1) is 8.37. The van der Waals surface area contributed by atoms with Gasteiger partial charge in [-0.15, -0.1) is 0 Å². The molecule has 0 radical (unpaired) electrons. The van der Waals surface area contributed by atoms with Gasteiger partial charge in [0.1, 0.15) is 0 Å². The second kappa shape index (κ2) is 9.29. The molecule has 0 heterocycles. The van der Waals surface area contributed by atoms with Gasteiger partial charge in [0.2, 0.25) is 15.9 Å². The molecular formula is C11H25N3O3S. The van der Waals surface area contributed by atoms with E-state index in [0.29, 0.717) is 26.1 Å². The predicted octanol–water partition coefficient (Wildman–Crippen LogP) is -0.180. The summed E-state index contributed by atoms with van der Waals surface area (Å²) >= 11 is 0. The number of hydrogen-bond donors (Lipinski definition) is 3. The molecule has 0 aromatic rings. The summed E-state index contributed by atoms with van der Waals surface area (Å²) in [5, 5.41) is 5.88. The van der Waals surface area contributed by atoms with Gasteiger partial charge in [0.25, 0.3) is 0 Å². The van der Waals surface area contributed by atoms with Crippen LogP contribution in [0, 0.1) is 0 Å². The van der Waals surface area contributed by atoms with Gasteiger partial charge in [-0.25, -0.2) is 13.1 Å². The summed E-state index contributed by atoms with van der Waals surface area (Å²) in [6.45, 7) is 5.56. The Labute approximate surface area is 110 Å². The zero-order valence-corrected chi connectivity index (χ0v) is 12.3. The molecule has 1 atom stereocenters. The zero-order valence-electron chi connectivity index (χ0n) is 11.5. The monoisotopic (exact) mass is 279 g/mol. The molecule has 1 unspecified atom stereocenters. The lowest BCUT2D eigenvalue weighted by molar-refractivity contribution is -0.122. The first-order valence-corrected chi connectivity index (χ1v) is 8.21. The van der Waals surface area contributed by atoms with Crippen LogP contribution >= 0.6 is 0 Å².